The van der Waals surface area contributed by atoms with Crippen molar-refractivity contribution in [2.24, 2.45) is 5.73 Å². The Hall–Kier alpha value is -3.50. The van der Waals surface area contributed by atoms with E-state index in [0.29, 0.717) is 18.4 Å². The molecule has 2 heterocycles. The average Bonchev–Trinajstić information content (AvgIpc) is 3.08. The highest BCUT2D eigenvalue weighted by Gasteiger charge is 2.33. The lowest BCUT2D eigenvalue weighted by Crippen LogP contribution is -2.32. The number of carbonyl (C=O) groups excluding carboxylic acids is 1. The molecule has 10 heteroatoms. The van der Waals surface area contributed by atoms with Crippen LogP contribution >= 0.6 is 0 Å². The van der Waals surface area contributed by atoms with Crippen molar-refractivity contribution >= 4 is 36.1 Å². The summed E-state index contributed by atoms with van der Waals surface area (Å²) < 4.78 is 0. The van der Waals surface area contributed by atoms with E-state index in [9.17, 15) is 14.8 Å². The number of nitrogens with one attached hydrogen (secondary N) is 1. The number of rotatable bonds is 6. The van der Waals surface area contributed by atoms with E-state index >= 15 is 0 Å². The highest BCUT2D eigenvalue weighted by Crippen LogP contribution is 2.36. The third-order valence-electron chi connectivity index (χ3n) is 5.02. The van der Waals surface area contributed by atoms with Gasteiger partial charge in [-0.3, -0.25) is 4.79 Å². The summed E-state index contributed by atoms with van der Waals surface area (Å²) in [4.78, 5) is 26.6. The molecule has 1 aromatic heterocycles. The zero-order valence-electron chi connectivity index (χ0n) is 16.4. The van der Waals surface area contributed by atoms with Gasteiger partial charge in [-0.1, -0.05) is 42.5 Å². The molecule has 0 bridgehead atoms. The minimum atomic E-state index is -1.57. The van der Waals surface area contributed by atoms with E-state index in [0.717, 1.165) is 16.8 Å². The molecule has 0 radical (unpaired) electrons. The standard InChI is InChI=1S/C20H21BN6O3/c1-12-10-14-15(21(29)30)8-5-9-16(14)27(12)20-25-18(17(22)28)24-19(26-20)23-11-13-6-3-2-4-7-13/h2-9,12,29-30H,10-11H2,1H3,(H2,22,28)(H,23,24,25,26). The third-order valence-corrected chi connectivity index (χ3v) is 5.02. The Balaban J connectivity index is 1.71. The number of hydrogen-bond donors (Lipinski definition) is 4. The Morgan fingerprint density at radius 2 is 1.93 bits per heavy atom. The van der Waals surface area contributed by atoms with Crippen LogP contribution in [-0.2, 0) is 13.0 Å². The van der Waals surface area contributed by atoms with Crippen LogP contribution in [0.25, 0.3) is 0 Å². The molecule has 0 fully saturated rings. The zero-order valence-corrected chi connectivity index (χ0v) is 16.4. The van der Waals surface area contributed by atoms with Crippen molar-refractivity contribution in [2.45, 2.75) is 25.9 Å². The molecule has 1 aliphatic heterocycles. The van der Waals surface area contributed by atoms with Crippen LogP contribution in [0, 0.1) is 0 Å². The van der Waals surface area contributed by atoms with E-state index < -0.39 is 13.0 Å². The molecule has 0 saturated carbocycles. The molecule has 30 heavy (non-hydrogen) atoms. The fraction of sp³-hybridized carbons (Fsp3) is 0.200. The number of carbonyl (C=O) groups is 1. The second kappa shape index (κ2) is 8.09. The molecule has 9 nitrogen and oxygen atoms in total. The molecular formula is C20H21BN6O3. The van der Waals surface area contributed by atoms with Crippen LogP contribution in [0.4, 0.5) is 17.6 Å². The molecule has 1 aliphatic rings. The SMILES string of the molecule is CC1Cc2c(B(O)O)cccc2N1c1nc(NCc2ccccc2)nc(C(N)=O)n1. The van der Waals surface area contributed by atoms with Crippen LogP contribution in [0.5, 0.6) is 0 Å². The number of nitrogens with zero attached hydrogens (tertiary/aromatic N) is 4. The predicted molar refractivity (Wildman–Crippen MR) is 114 cm³/mol. The van der Waals surface area contributed by atoms with Gasteiger partial charge in [-0.25, -0.2) is 0 Å². The molecule has 0 saturated heterocycles. The molecule has 0 aliphatic carbocycles. The molecule has 5 N–H and O–H groups in total. The third kappa shape index (κ3) is 3.82. The minimum Gasteiger partial charge on any atom is -0.423 e. The van der Waals surface area contributed by atoms with Crippen molar-refractivity contribution in [2.75, 3.05) is 10.2 Å². The summed E-state index contributed by atoms with van der Waals surface area (Å²) in [6.45, 7) is 2.44. The van der Waals surface area contributed by atoms with E-state index in [1.54, 1.807) is 12.1 Å². The summed E-state index contributed by atoms with van der Waals surface area (Å²) in [5, 5.41) is 22.5. The van der Waals surface area contributed by atoms with Gasteiger partial charge in [0.1, 0.15) is 0 Å². The number of nitrogens with two attached hydrogens (primary N) is 1. The highest BCUT2D eigenvalue weighted by atomic mass is 16.4. The topological polar surface area (TPSA) is 137 Å². The van der Waals surface area contributed by atoms with Gasteiger partial charge in [-0.2, -0.15) is 15.0 Å². The average molecular weight is 404 g/mol. The van der Waals surface area contributed by atoms with Crippen LogP contribution < -0.4 is 21.4 Å². The number of aromatic nitrogens is 3. The molecule has 3 aromatic rings. The zero-order chi connectivity index (χ0) is 21.3. The monoisotopic (exact) mass is 404 g/mol. The van der Waals surface area contributed by atoms with Gasteiger partial charge in [0, 0.05) is 18.3 Å². The number of amides is 1. The number of fused-ring (bicyclic) bond motifs is 1. The molecule has 0 spiro atoms. The van der Waals surface area contributed by atoms with Gasteiger partial charge in [-0.15, -0.1) is 0 Å². The first kappa shape index (κ1) is 19.8. The summed E-state index contributed by atoms with van der Waals surface area (Å²) in [6, 6.07) is 14.9. The number of benzene rings is 2. The van der Waals surface area contributed by atoms with Gasteiger partial charge in [0.2, 0.25) is 17.7 Å². The lowest BCUT2D eigenvalue weighted by atomic mass is 9.76. The summed E-state index contributed by atoms with van der Waals surface area (Å²) in [5.41, 5.74) is 8.47. The lowest BCUT2D eigenvalue weighted by molar-refractivity contribution is 0.0990. The van der Waals surface area contributed by atoms with Crippen molar-refractivity contribution in [3.63, 3.8) is 0 Å². The summed E-state index contributed by atoms with van der Waals surface area (Å²) in [6.07, 6.45) is 0.577. The molecule has 152 valence electrons. The van der Waals surface area contributed by atoms with Crippen LogP contribution in [0.1, 0.15) is 28.7 Å². The van der Waals surface area contributed by atoms with Crippen LogP contribution in [0.3, 0.4) is 0 Å². The van der Waals surface area contributed by atoms with Crippen molar-refractivity contribution in [1.82, 2.24) is 15.0 Å². The first-order chi connectivity index (χ1) is 14.4. The molecule has 1 atom stereocenters. The van der Waals surface area contributed by atoms with E-state index in [2.05, 4.69) is 20.3 Å². The van der Waals surface area contributed by atoms with Crippen molar-refractivity contribution < 1.29 is 14.8 Å². The van der Waals surface area contributed by atoms with Gasteiger partial charge < -0.3 is 26.0 Å². The number of anilines is 3. The Kier molecular flexibility index (Phi) is 5.34. The summed E-state index contributed by atoms with van der Waals surface area (Å²) >= 11 is 0. The van der Waals surface area contributed by atoms with E-state index in [1.165, 1.54) is 0 Å². The smallest absolute Gasteiger partial charge is 0.423 e. The lowest BCUT2D eigenvalue weighted by Gasteiger charge is -2.23. The fourth-order valence-electron chi connectivity index (χ4n) is 3.65. The van der Waals surface area contributed by atoms with Gasteiger partial charge in [0.05, 0.1) is 0 Å². The second-order valence-electron chi connectivity index (χ2n) is 7.13. The van der Waals surface area contributed by atoms with Crippen LogP contribution in [0.15, 0.2) is 48.5 Å². The first-order valence-electron chi connectivity index (χ1n) is 9.55. The van der Waals surface area contributed by atoms with Gasteiger partial charge in [-0.05, 0) is 36.0 Å². The molecule has 4 rings (SSSR count). The van der Waals surface area contributed by atoms with Crippen molar-refractivity contribution in [1.29, 1.82) is 0 Å². The summed E-state index contributed by atoms with van der Waals surface area (Å²) in [7, 11) is -1.57. The normalized spacial score (nSPS) is 15.0. The molecular weight excluding hydrogens is 383 g/mol. The molecule has 2 aromatic carbocycles. The Morgan fingerprint density at radius 3 is 2.63 bits per heavy atom. The minimum absolute atomic E-state index is 0.0648. The maximum absolute atomic E-state index is 11.8. The number of primary amides is 1. The van der Waals surface area contributed by atoms with Gasteiger partial charge in [0.25, 0.3) is 5.91 Å². The Morgan fingerprint density at radius 1 is 1.17 bits per heavy atom. The largest absolute Gasteiger partial charge is 0.488 e. The predicted octanol–water partition coefficient (Wildman–Crippen LogP) is 0.345. The Bertz CT molecular complexity index is 1080. The van der Waals surface area contributed by atoms with Crippen LogP contribution in [0.2, 0.25) is 0 Å². The van der Waals surface area contributed by atoms with E-state index in [-0.39, 0.29) is 23.8 Å². The fourth-order valence-corrected chi connectivity index (χ4v) is 3.65. The van der Waals surface area contributed by atoms with Crippen molar-refractivity contribution in [3.8, 4) is 0 Å². The molecule has 1 amide bonds. The Labute approximate surface area is 173 Å². The van der Waals surface area contributed by atoms with Crippen molar-refractivity contribution in [3.05, 3.63) is 65.5 Å². The second-order valence-corrected chi connectivity index (χ2v) is 7.13. The van der Waals surface area contributed by atoms with Crippen LogP contribution in [-0.4, -0.2) is 44.1 Å². The van der Waals surface area contributed by atoms with Gasteiger partial charge in [0.15, 0.2) is 0 Å². The molecule has 1 unspecified atom stereocenters. The number of hydrogen-bond acceptors (Lipinski definition) is 8. The quantitative estimate of drug-likeness (QED) is 0.432. The highest BCUT2D eigenvalue weighted by molar-refractivity contribution is 6.59. The first-order valence-corrected chi connectivity index (χ1v) is 9.55. The summed E-state index contributed by atoms with van der Waals surface area (Å²) in [5.74, 6) is -0.399. The van der Waals surface area contributed by atoms with Gasteiger partial charge >= 0.3 is 7.12 Å². The van der Waals surface area contributed by atoms with E-state index in [1.807, 2.05) is 48.2 Å². The maximum Gasteiger partial charge on any atom is 0.488 e. The maximum atomic E-state index is 11.8. The van der Waals surface area contributed by atoms with E-state index in [4.69, 9.17) is 5.73 Å².